The van der Waals surface area contributed by atoms with Crippen LogP contribution in [0.5, 0.6) is 0 Å². The highest BCUT2D eigenvalue weighted by Gasteiger charge is 2.06. The molecule has 0 aliphatic heterocycles. The van der Waals surface area contributed by atoms with E-state index in [1.54, 1.807) is 12.1 Å². The number of carbonyl (C=O) groups is 2. The highest BCUT2D eigenvalue weighted by atomic mass is 16.2. The summed E-state index contributed by atoms with van der Waals surface area (Å²) in [6.45, 7) is 8.03. The van der Waals surface area contributed by atoms with Crippen molar-refractivity contribution in [2.45, 2.75) is 20.3 Å². The first-order valence-electron chi connectivity index (χ1n) is 7.49. The highest BCUT2D eigenvalue weighted by molar-refractivity contribution is 5.94. The lowest BCUT2D eigenvalue weighted by molar-refractivity contribution is -0.121. The molecule has 0 aliphatic carbocycles. The largest absolute Gasteiger partial charge is 0.355 e. The highest BCUT2D eigenvalue weighted by Crippen LogP contribution is 1.97. The van der Waals surface area contributed by atoms with Gasteiger partial charge in [-0.25, -0.2) is 0 Å². The predicted molar refractivity (Wildman–Crippen MR) is 84.2 cm³/mol. The van der Waals surface area contributed by atoms with E-state index in [2.05, 4.69) is 29.4 Å². The van der Waals surface area contributed by atoms with Crippen molar-refractivity contribution in [3.63, 3.8) is 0 Å². The second-order valence-electron chi connectivity index (χ2n) is 4.75. The molecule has 0 radical (unpaired) electrons. The maximum Gasteiger partial charge on any atom is 0.251 e. The molecule has 0 saturated heterocycles. The van der Waals surface area contributed by atoms with Crippen LogP contribution < -0.4 is 10.6 Å². The Morgan fingerprint density at radius 3 is 2.29 bits per heavy atom. The molecule has 0 fully saturated rings. The Labute approximate surface area is 126 Å². The summed E-state index contributed by atoms with van der Waals surface area (Å²) in [5.41, 5.74) is 0.611. The van der Waals surface area contributed by atoms with Crippen molar-refractivity contribution in [3.05, 3.63) is 35.9 Å². The zero-order chi connectivity index (χ0) is 15.5. The molecule has 5 nitrogen and oxygen atoms in total. The van der Waals surface area contributed by atoms with Crippen LogP contribution >= 0.6 is 0 Å². The average Bonchev–Trinajstić information content (AvgIpc) is 2.52. The van der Waals surface area contributed by atoms with Crippen molar-refractivity contribution in [3.8, 4) is 0 Å². The molecule has 0 saturated carbocycles. The number of hydrogen-bond acceptors (Lipinski definition) is 3. The van der Waals surface area contributed by atoms with Gasteiger partial charge < -0.3 is 15.5 Å². The van der Waals surface area contributed by atoms with Gasteiger partial charge in [-0.15, -0.1) is 0 Å². The van der Waals surface area contributed by atoms with Gasteiger partial charge in [0.2, 0.25) is 5.91 Å². The van der Waals surface area contributed by atoms with Crippen LogP contribution in [0.3, 0.4) is 0 Å². The molecular formula is C16H25N3O2. The molecule has 21 heavy (non-hydrogen) atoms. The molecule has 0 spiro atoms. The van der Waals surface area contributed by atoms with Crippen LogP contribution in [0.4, 0.5) is 0 Å². The molecule has 2 amide bonds. The molecule has 0 heterocycles. The summed E-state index contributed by atoms with van der Waals surface area (Å²) in [6, 6.07) is 8.99. The van der Waals surface area contributed by atoms with E-state index in [9.17, 15) is 9.59 Å². The topological polar surface area (TPSA) is 61.4 Å². The number of nitrogens with zero attached hydrogens (tertiary/aromatic N) is 1. The first-order chi connectivity index (χ1) is 10.2. The zero-order valence-corrected chi connectivity index (χ0v) is 12.9. The number of amides is 2. The van der Waals surface area contributed by atoms with Gasteiger partial charge in [-0.05, 0) is 25.2 Å². The summed E-state index contributed by atoms with van der Waals surface area (Å²) in [5.74, 6) is -0.179. The third-order valence-electron chi connectivity index (χ3n) is 3.32. The molecule has 2 N–H and O–H groups in total. The first-order valence-corrected chi connectivity index (χ1v) is 7.49. The molecule has 0 atom stereocenters. The minimum Gasteiger partial charge on any atom is -0.355 e. The van der Waals surface area contributed by atoms with E-state index < -0.39 is 0 Å². The molecular weight excluding hydrogens is 266 g/mol. The Morgan fingerprint density at radius 2 is 1.67 bits per heavy atom. The lowest BCUT2D eigenvalue weighted by atomic mass is 10.2. The molecule has 0 bridgehead atoms. The Kier molecular flexibility index (Phi) is 8.12. The van der Waals surface area contributed by atoms with E-state index >= 15 is 0 Å². The van der Waals surface area contributed by atoms with E-state index in [4.69, 9.17) is 0 Å². The van der Waals surface area contributed by atoms with Gasteiger partial charge in [-0.3, -0.25) is 9.59 Å². The van der Waals surface area contributed by atoms with Gasteiger partial charge in [0.1, 0.15) is 0 Å². The van der Waals surface area contributed by atoms with Gasteiger partial charge in [0, 0.05) is 31.6 Å². The quantitative estimate of drug-likeness (QED) is 0.720. The Balaban J connectivity index is 2.15. The van der Waals surface area contributed by atoms with Crippen LogP contribution in [0.15, 0.2) is 30.3 Å². The summed E-state index contributed by atoms with van der Waals surface area (Å²) in [6.07, 6.45) is 0.302. The number of hydrogen-bond donors (Lipinski definition) is 2. The van der Waals surface area contributed by atoms with Crippen LogP contribution in [0.25, 0.3) is 0 Å². The molecule has 1 aromatic rings. The summed E-state index contributed by atoms with van der Waals surface area (Å²) in [5, 5.41) is 5.60. The van der Waals surface area contributed by atoms with Gasteiger partial charge in [0.05, 0.1) is 0 Å². The van der Waals surface area contributed by atoms with Crippen molar-refractivity contribution >= 4 is 11.8 Å². The molecule has 1 rings (SSSR count). The predicted octanol–water partition coefficient (Wildman–Crippen LogP) is 1.26. The lowest BCUT2D eigenvalue weighted by Gasteiger charge is -2.17. The minimum atomic E-state index is -0.147. The smallest absolute Gasteiger partial charge is 0.251 e. The molecule has 116 valence electrons. The van der Waals surface area contributed by atoms with Gasteiger partial charge >= 0.3 is 0 Å². The normalized spacial score (nSPS) is 10.4. The number of rotatable bonds is 9. The van der Waals surface area contributed by atoms with Crippen molar-refractivity contribution in [2.24, 2.45) is 0 Å². The van der Waals surface area contributed by atoms with E-state index in [1.807, 2.05) is 18.2 Å². The fourth-order valence-electron chi connectivity index (χ4n) is 1.96. The lowest BCUT2D eigenvalue weighted by Crippen LogP contribution is -2.36. The Bertz CT molecular complexity index is 430. The van der Waals surface area contributed by atoms with Crippen LogP contribution in [0.1, 0.15) is 30.6 Å². The van der Waals surface area contributed by atoms with E-state index in [1.165, 1.54) is 0 Å². The van der Waals surface area contributed by atoms with Crippen LogP contribution in [0.2, 0.25) is 0 Å². The van der Waals surface area contributed by atoms with Crippen LogP contribution in [-0.4, -0.2) is 49.4 Å². The maximum absolute atomic E-state index is 11.8. The Hall–Kier alpha value is -1.88. The van der Waals surface area contributed by atoms with Gasteiger partial charge in [-0.2, -0.15) is 0 Å². The van der Waals surface area contributed by atoms with Crippen molar-refractivity contribution < 1.29 is 9.59 Å². The molecule has 0 aliphatic rings. The minimum absolute atomic E-state index is 0.0319. The fraction of sp³-hybridized carbons (Fsp3) is 0.500. The number of likely N-dealkylation sites (N-methyl/N-ethyl adjacent to an activating group) is 1. The molecule has 0 aromatic heterocycles. The summed E-state index contributed by atoms with van der Waals surface area (Å²) < 4.78 is 0. The van der Waals surface area contributed by atoms with Gasteiger partial charge in [0.15, 0.2) is 0 Å². The monoisotopic (exact) mass is 291 g/mol. The number of nitrogens with one attached hydrogen (secondary N) is 2. The SMILES string of the molecule is CCN(CC)CCNC(=O)CCNC(=O)c1ccccc1. The maximum atomic E-state index is 11.8. The Morgan fingerprint density at radius 1 is 1.00 bits per heavy atom. The fourth-order valence-corrected chi connectivity index (χ4v) is 1.96. The van der Waals surface area contributed by atoms with Crippen molar-refractivity contribution in [1.82, 2.24) is 15.5 Å². The third-order valence-corrected chi connectivity index (χ3v) is 3.32. The zero-order valence-electron chi connectivity index (χ0n) is 12.9. The summed E-state index contributed by atoms with van der Waals surface area (Å²) in [7, 11) is 0. The molecule has 1 aromatic carbocycles. The number of carbonyl (C=O) groups excluding carboxylic acids is 2. The van der Waals surface area contributed by atoms with E-state index in [0.29, 0.717) is 25.1 Å². The van der Waals surface area contributed by atoms with E-state index in [-0.39, 0.29) is 11.8 Å². The van der Waals surface area contributed by atoms with Crippen LogP contribution in [-0.2, 0) is 4.79 Å². The summed E-state index contributed by atoms with van der Waals surface area (Å²) in [4.78, 5) is 25.6. The first kappa shape index (κ1) is 17.2. The molecule has 5 heteroatoms. The molecule has 0 unspecified atom stereocenters. The van der Waals surface area contributed by atoms with E-state index in [0.717, 1.165) is 19.6 Å². The average molecular weight is 291 g/mol. The summed E-state index contributed by atoms with van der Waals surface area (Å²) >= 11 is 0. The number of benzene rings is 1. The second-order valence-corrected chi connectivity index (χ2v) is 4.75. The van der Waals surface area contributed by atoms with Crippen molar-refractivity contribution in [2.75, 3.05) is 32.7 Å². The second kappa shape index (κ2) is 9.94. The standard InChI is InChI=1S/C16H25N3O2/c1-3-19(4-2)13-12-17-15(20)10-11-18-16(21)14-8-6-5-7-9-14/h5-9H,3-4,10-13H2,1-2H3,(H,17,20)(H,18,21). The van der Waals surface area contributed by atoms with Gasteiger partial charge in [-0.1, -0.05) is 32.0 Å². The van der Waals surface area contributed by atoms with Crippen LogP contribution in [0, 0.1) is 0 Å². The van der Waals surface area contributed by atoms with Crippen molar-refractivity contribution in [1.29, 1.82) is 0 Å². The third kappa shape index (κ3) is 6.90. The van der Waals surface area contributed by atoms with Gasteiger partial charge in [0.25, 0.3) is 5.91 Å².